The van der Waals surface area contributed by atoms with E-state index >= 15 is 0 Å². The Kier molecular flexibility index (Phi) is 4.86. The minimum absolute atomic E-state index is 0.00746. The first kappa shape index (κ1) is 16.5. The zero-order valence-electron chi connectivity index (χ0n) is 13.0. The number of aromatic carboxylic acids is 1. The maximum Gasteiger partial charge on any atom is 0.335 e. The number of carboxylic acid groups (broad SMARTS) is 1. The third kappa shape index (κ3) is 4.15. The summed E-state index contributed by atoms with van der Waals surface area (Å²) in [4.78, 5) is 23.2. The van der Waals surface area contributed by atoms with Crippen LogP contribution >= 0.6 is 11.6 Å². The molecule has 0 aliphatic heterocycles. The number of hydrogen-bond donors (Lipinski definition) is 2. The first-order chi connectivity index (χ1) is 11.5. The summed E-state index contributed by atoms with van der Waals surface area (Å²) in [6.07, 6.45) is 2.46. The fraction of sp³-hybridized carbons (Fsp3) is 0.263. The van der Waals surface area contributed by atoms with E-state index in [-0.39, 0.29) is 23.9 Å². The Balaban J connectivity index is 1.65. The van der Waals surface area contributed by atoms with Crippen LogP contribution in [0.3, 0.4) is 0 Å². The normalized spacial score (nSPS) is 14.9. The smallest absolute Gasteiger partial charge is 0.335 e. The number of amides is 1. The Morgan fingerprint density at radius 2 is 1.71 bits per heavy atom. The van der Waals surface area contributed by atoms with Crippen molar-refractivity contribution < 1.29 is 14.7 Å². The summed E-state index contributed by atoms with van der Waals surface area (Å²) in [7, 11) is 0. The fourth-order valence-electron chi connectivity index (χ4n) is 2.75. The lowest BCUT2D eigenvalue weighted by molar-refractivity contribution is -0.121. The van der Waals surface area contributed by atoms with Gasteiger partial charge in [-0.05, 0) is 54.2 Å². The highest BCUT2D eigenvalue weighted by atomic mass is 35.5. The lowest BCUT2D eigenvalue weighted by atomic mass is 10.0. The molecule has 0 radical (unpaired) electrons. The molecule has 0 aromatic heterocycles. The summed E-state index contributed by atoms with van der Waals surface area (Å²) in [5.41, 5.74) is 2.08. The van der Waals surface area contributed by atoms with Gasteiger partial charge < -0.3 is 10.4 Å². The van der Waals surface area contributed by atoms with E-state index in [0.29, 0.717) is 10.9 Å². The van der Waals surface area contributed by atoms with Crippen LogP contribution in [0, 0.1) is 5.92 Å². The minimum Gasteiger partial charge on any atom is -0.478 e. The van der Waals surface area contributed by atoms with Crippen LogP contribution in [-0.4, -0.2) is 17.0 Å². The number of carbonyl (C=O) groups excluding carboxylic acids is 1. The SMILES string of the molecule is O=C(Cc1ccc(C(=O)O)cc1)NC(c1ccc(Cl)cc1)C1CC1. The summed E-state index contributed by atoms with van der Waals surface area (Å²) in [6.45, 7) is 0. The molecule has 1 aliphatic carbocycles. The molecule has 1 atom stereocenters. The number of rotatable bonds is 6. The molecule has 124 valence electrons. The van der Waals surface area contributed by atoms with Gasteiger partial charge in [0.05, 0.1) is 18.0 Å². The molecular formula is C19H18ClNO3. The zero-order chi connectivity index (χ0) is 17.1. The Morgan fingerprint density at radius 1 is 1.08 bits per heavy atom. The van der Waals surface area contributed by atoms with Crippen LogP contribution in [0.4, 0.5) is 0 Å². The molecule has 0 heterocycles. The van der Waals surface area contributed by atoms with Gasteiger partial charge in [0.1, 0.15) is 0 Å². The van der Waals surface area contributed by atoms with Gasteiger partial charge in [-0.1, -0.05) is 35.9 Å². The van der Waals surface area contributed by atoms with Crippen molar-refractivity contribution in [3.63, 3.8) is 0 Å². The topological polar surface area (TPSA) is 66.4 Å². The van der Waals surface area contributed by atoms with Gasteiger partial charge in [0.15, 0.2) is 0 Å². The summed E-state index contributed by atoms with van der Waals surface area (Å²) >= 11 is 5.93. The van der Waals surface area contributed by atoms with Gasteiger partial charge in [-0.15, -0.1) is 0 Å². The lowest BCUT2D eigenvalue weighted by Crippen LogP contribution is -2.31. The fourth-order valence-corrected chi connectivity index (χ4v) is 2.87. The van der Waals surface area contributed by atoms with Gasteiger partial charge in [0, 0.05) is 5.02 Å². The Labute approximate surface area is 145 Å². The van der Waals surface area contributed by atoms with Crippen LogP contribution in [-0.2, 0) is 11.2 Å². The molecule has 3 rings (SSSR count). The molecule has 2 aromatic rings. The van der Waals surface area contributed by atoms with Crippen molar-refractivity contribution in [2.24, 2.45) is 5.92 Å². The van der Waals surface area contributed by atoms with Crippen molar-refractivity contribution in [2.75, 3.05) is 0 Å². The van der Waals surface area contributed by atoms with Crippen LogP contribution < -0.4 is 5.32 Å². The molecule has 1 fully saturated rings. The Bertz CT molecular complexity index is 736. The van der Waals surface area contributed by atoms with Gasteiger partial charge in [0.2, 0.25) is 5.91 Å². The van der Waals surface area contributed by atoms with Crippen molar-refractivity contribution in [1.29, 1.82) is 0 Å². The highest BCUT2D eigenvalue weighted by Gasteiger charge is 2.33. The number of nitrogens with one attached hydrogen (secondary N) is 1. The molecule has 1 amide bonds. The molecule has 1 unspecified atom stereocenters. The molecule has 4 nitrogen and oxygen atoms in total. The first-order valence-corrected chi connectivity index (χ1v) is 8.28. The molecule has 1 aliphatic rings. The molecular weight excluding hydrogens is 326 g/mol. The number of carbonyl (C=O) groups is 2. The largest absolute Gasteiger partial charge is 0.478 e. The number of halogens is 1. The van der Waals surface area contributed by atoms with E-state index in [2.05, 4.69) is 5.32 Å². The second-order valence-corrected chi connectivity index (χ2v) is 6.55. The van der Waals surface area contributed by atoms with Crippen LogP contribution in [0.5, 0.6) is 0 Å². The minimum atomic E-state index is -0.970. The second-order valence-electron chi connectivity index (χ2n) is 6.11. The first-order valence-electron chi connectivity index (χ1n) is 7.90. The van der Waals surface area contributed by atoms with E-state index in [1.165, 1.54) is 12.1 Å². The standard InChI is InChI=1S/C19H18ClNO3/c20-16-9-7-14(8-10-16)18(13-5-6-13)21-17(22)11-12-1-3-15(4-2-12)19(23)24/h1-4,7-10,13,18H,5-6,11H2,(H,21,22)(H,23,24). The quantitative estimate of drug-likeness (QED) is 0.837. The number of hydrogen-bond acceptors (Lipinski definition) is 2. The average Bonchev–Trinajstić information content (AvgIpc) is 3.39. The molecule has 24 heavy (non-hydrogen) atoms. The molecule has 2 N–H and O–H groups in total. The van der Waals surface area contributed by atoms with E-state index in [9.17, 15) is 9.59 Å². The van der Waals surface area contributed by atoms with Crippen molar-refractivity contribution in [3.05, 3.63) is 70.2 Å². The van der Waals surface area contributed by atoms with E-state index in [4.69, 9.17) is 16.7 Å². The maximum absolute atomic E-state index is 12.4. The lowest BCUT2D eigenvalue weighted by Gasteiger charge is -2.19. The third-order valence-corrected chi connectivity index (χ3v) is 4.46. The highest BCUT2D eigenvalue weighted by molar-refractivity contribution is 6.30. The van der Waals surface area contributed by atoms with Crippen LogP contribution in [0.25, 0.3) is 0 Å². The Hall–Kier alpha value is -2.33. The average molecular weight is 344 g/mol. The number of carboxylic acids is 1. The van der Waals surface area contributed by atoms with Crippen molar-refractivity contribution in [3.8, 4) is 0 Å². The van der Waals surface area contributed by atoms with E-state index < -0.39 is 5.97 Å². The summed E-state index contributed by atoms with van der Waals surface area (Å²) in [5, 5.41) is 12.7. The molecule has 0 bridgehead atoms. The summed E-state index contributed by atoms with van der Waals surface area (Å²) in [6, 6.07) is 14.0. The molecule has 2 aromatic carbocycles. The maximum atomic E-state index is 12.4. The summed E-state index contributed by atoms with van der Waals surface area (Å²) < 4.78 is 0. The molecule has 0 saturated heterocycles. The summed E-state index contributed by atoms with van der Waals surface area (Å²) in [5.74, 6) is -0.558. The van der Waals surface area contributed by atoms with Gasteiger partial charge in [0.25, 0.3) is 0 Å². The van der Waals surface area contributed by atoms with Crippen molar-refractivity contribution in [2.45, 2.75) is 25.3 Å². The van der Waals surface area contributed by atoms with E-state index in [1.54, 1.807) is 12.1 Å². The molecule has 1 saturated carbocycles. The predicted octanol–water partition coefficient (Wildman–Crippen LogP) is 3.85. The van der Waals surface area contributed by atoms with E-state index in [0.717, 1.165) is 24.0 Å². The second kappa shape index (κ2) is 7.05. The number of benzene rings is 2. The van der Waals surface area contributed by atoms with Crippen molar-refractivity contribution in [1.82, 2.24) is 5.32 Å². The predicted molar refractivity (Wildman–Crippen MR) is 92.2 cm³/mol. The molecule has 5 heteroatoms. The third-order valence-electron chi connectivity index (χ3n) is 4.20. The van der Waals surface area contributed by atoms with Crippen LogP contribution in [0.1, 0.15) is 40.4 Å². The van der Waals surface area contributed by atoms with E-state index in [1.807, 2.05) is 24.3 Å². The van der Waals surface area contributed by atoms with Gasteiger partial charge >= 0.3 is 5.97 Å². The zero-order valence-corrected chi connectivity index (χ0v) is 13.8. The monoisotopic (exact) mass is 343 g/mol. The van der Waals surface area contributed by atoms with Crippen LogP contribution in [0.2, 0.25) is 5.02 Å². The van der Waals surface area contributed by atoms with Gasteiger partial charge in [-0.25, -0.2) is 4.79 Å². The van der Waals surface area contributed by atoms with Crippen LogP contribution in [0.15, 0.2) is 48.5 Å². The van der Waals surface area contributed by atoms with Gasteiger partial charge in [-0.2, -0.15) is 0 Å². The molecule has 0 spiro atoms. The Morgan fingerprint density at radius 3 is 2.25 bits per heavy atom. The van der Waals surface area contributed by atoms with Crippen molar-refractivity contribution >= 4 is 23.5 Å². The van der Waals surface area contributed by atoms with Gasteiger partial charge in [-0.3, -0.25) is 4.79 Å². The highest BCUT2D eigenvalue weighted by Crippen LogP contribution is 2.41.